The molecule has 0 aliphatic rings. The van der Waals surface area contributed by atoms with Crippen LogP contribution in [0.5, 0.6) is 0 Å². The molecule has 8 heteroatoms. The lowest BCUT2D eigenvalue weighted by molar-refractivity contribution is -0.126. The first-order chi connectivity index (χ1) is 19.2. The molecule has 0 aliphatic carbocycles. The van der Waals surface area contributed by atoms with Crippen LogP contribution in [0.4, 0.5) is 0 Å². The molecule has 0 aliphatic heterocycles. The fourth-order valence-corrected chi connectivity index (χ4v) is 6.46. The molecule has 1 unspecified atom stereocenters. The van der Waals surface area contributed by atoms with Crippen molar-refractivity contribution in [3.8, 4) is 0 Å². The van der Waals surface area contributed by atoms with Crippen molar-refractivity contribution >= 4 is 40.9 Å². The number of hydrogen-bond donors (Lipinski definition) is 2. The van der Waals surface area contributed by atoms with E-state index in [9.17, 15) is 4.79 Å². The number of hydrogen-bond acceptors (Lipinski definition) is 4. The molecule has 0 spiro atoms. The highest BCUT2D eigenvalue weighted by Crippen LogP contribution is 2.41. The van der Waals surface area contributed by atoms with Crippen molar-refractivity contribution in [2.24, 2.45) is 0 Å². The van der Waals surface area contributed by atoms with Gasteiger partial charge in [-0.3, -0.25) is 4.79 Å². The molecule has 0 saturated heterocycles. The predicted molar refractivity (Wildman–Crippen MR) is 176 cm³/mol. The Balaban J connectivity index is 2.57. The van der Waals surface area contributed by atoms with Gasteiger partial charge in [0, 0.05) is 39.4 Å². The molecule has 0 bridgehead atoms. The number of ether oxygens (including phenoxy) is 1. The fraction of sp³-hybridized carbons (Fsp3) is 0.424. The van der Waals surface area contributed by atoms with E-state index in [1.54, 1.807) is 23.9 Å². The van der Waals surface area contributed by atoms with Gasteiger partial charge < -0.3 is 19.9 Å². The maximum atomic E-state index is 13.4. The summed E-state index contributed by atoms with van der Waals surface area (Å²) in [6, 6.07) is 5.02. The third kappa shape index (κ3) is 10.8. The third-order valence-electron chi connectivity index (χ3n) is 6.18. The zero-order valence-corrected chi connectivity index (χ0v) is 28.0. The number of aromatic nitrogens is 1. The Labute approximate surface area is 261 Å². The molecule has 2 aromatic rings. The second kappa shape index (κ2) is 15.7. The lowest BCUT2D eigenvalue weighted by Crippen LogP contribution is -2.47. The third-order valence-corrected chi connectivity index (χ3v) is 7.72. The molecule has 0 radical (unpaired) electrons. The Kier molecular flexibility index (Phi) is 13.4. The number of allylic oxidation sites excluding steroid dienone is 6. The first-order valence-corrected chi connectivity index (χ1v) is 15.4. The van der Waals surface area contributed by atoms with E-state index in [4.69, 9.17) is 27.9 Å². The molecule has 41 heavy (non-hydrogen) atoms. The van der Waals surface area contributed by atoms with Crippen molar-refractivity contribution in [2.45, 2.75) is 96.0 Å². The number of halogens is 2. The average molecular weight is 619 g/mol. The van der Waals surface area contributed by atoms with Gasteiger partial charge in [-0.2, -0.15) is 0 Å². The number of carbonyl (C=O) groups excluding carboxylic acids is 1. The molecular weight excluding hydrogens is 573 g/mol. The second-order valence-electron chi connectivity index (χ2n) is 11.3. The van der Waals surface area contributed by atoms with Crippen molar-refractivity contribution < 1.29 is 9.53 Å². The molecule has 1 aromatic heterocycles. The van der Waals surface area contributed by atoms with E-state index in [2.05, 4.69) is 55.2 Å². The van der Waals surface area contributed by atoms with Gasteiger partial charge in [0.15, 0.2) is 0 Å². The monoisotopic (exact) mass is 617 g/mol. The summed E-state index contributed by atoms with van der Waals surface area (Å²) in [6.07, 6.45) is 7.93. The average Bonchev–Trinajstić information content (AvgIpc) is 3.09. The molecule has 1 atom stereocenters. The maximum absolute atomic E-state index is 13.4. The van der Waals surface area contributed by atoms with Crippen LogP contribution in [0, 0.1) is 6.92 Å². The summed E-state index contributed by atoms with van der Waals surface area (Å²) in [6.45, 7) is 25.3. The summed E-state index contributed by atoms with van der Waals surface area (Å²) < 4.78 is 8.24. The number of carbonyl (C=O) groups is 1. The summed E-state index contributed by atoms with van der Waals surface area (Å²) in [5.41, 5.74) is 4.80. The largest absolute Gasteiger partial charge is 0.376 e. The van der Waals surface area contributed by atoms with Crippen LogP contribution in [0.1, 0.15) is 71.2 Å². The Hall–Kier alpha value is -2.38. The maximum Gasteiger partial charge on any atom is 0.245 e. The number of benzene rings is 1. The zero-order chi connectivity index (χ0) is 30.9. The van der Waals surface area contributed by atoms with Crippen molar-refractivity contribution in [3.63, 3.8) is 0 Å². The van der Waals surface area contributed by atoms with E-state index in [1.807, 2.05) is 58.9 Å². The number of rotatable bonds is 14. The topological polar surface area (TPSA) is 55.3 Å². The van der Waals surface area contributed by atoms with Gasteiger partial charge in [-0.25, -0.2) is 0 Å². The number of nitrogens with one attached hydrogen (secondary N) is 2. The van der Waals surface area contributed by atoms with E-state index in [1.165, 1.54) is 5.56 Å². The molecular formula is C33H45Cl2N3O2S. The first kappa shape index (κ1) is 34.8. The van der Waals surface area contributed by atoms with Crippen molar-refractivity contribution in [1.29, 1.82) is 0 Å². The summed E-state index contributed by atoms with van der Waals surface area (Å²) in [5, 5.41) is 8.60. The Morgan fingerprint density at radius 1 is 1.20 bits per heavy atom. The minimum atomic E-state index is -0.559. The van der Waals surface area contributed by atoms with Gasteiger partial charge in [0.2, 0.25) is 5.91 Å². The minimum Gasteiger partial charge on any atom is -0.376 e. The quantitative estimate of drug-likeness (QED) is 0.208. The van der Waals surface area contributed by atoms with E-state index < -0.39 is 6.04 Å². The van der Waals surface area contributed by atoms with Gasteiger partial charge in [0.25, 0.3) is 0 Å². The van der Waals surface area contributed by atoms with Gasteiger partial charge in [-0.05, 0) is 82.4 Å². The van der Waals surface area contributed by atoms with Gasteiger partial charge in [0.1, 0.15) is 6.04 Å². The van der Waals surface area contributed by atoms with Crippen LogP contribution in [0.25, 0.3) is 0 Å². The summed E-state index contributed by atoms with van der Waals surface area (Å²) >= 11 is 14.4. The van der Waals surface area contributed by atoms with Crippen molar-refractivity contribution in [3.05, 3.63) is 93.8 Å². The van der Waals surface area contributed by atoms with Gasteiger partial charge >= 0.3 is 0 Å². The summed E-state index contributed by atoms with van der Waals surface area (Å²) in [5.74, 6) is 0.0530. The Morgan fingerprint density at radius 2 is 1.83 bits per heavy atom. The normalized spacial score (nSPS) is 13.1. The SMILES string of the molecule is C=C/C=C(\C=C/C)Cn1c(C)c(CNC(=O)C(COC(C)(C)C)NC(=C)C)c(C(C)C)c1Sc1cc(Cl)cc(Cl)c1. The molecule has 1 amide bonds. The molecule has 1 heterocycles. The van der Waals surface area contributed by atoms with Crippen LogP contribution in [-0.2, 0) is 22.6 Å². The molecule has 0 saturated carbocycles. The van der Waals surface area contributed by atoms with Gasteiger partial charge in [0.05, 0.1) is 17.2 Å². The van der Waals surface area contributed by atoms with E-state index >= 15 is 0 Å². The van der Waals surface area contributed by atoms with Crippen molar-refractivity contribution in [1.82, 2.24) is 15.2 Å². The highest BCUT2D eigenvalue weighted by Gasteiger charge is 2.26. The summed E-state index contributed by atoms with van der Waals surface area (Å²) in [7, 11) is 0. The summed E-state index contributed by atoms with van der Waals surface area (Å²) in [4.78, 5) is 14.4. The lowest BCUT2D eigenvalue weighted by atomic mass is 10.0. The van der Waals surface area contributed by atoms with Crippen LogP contribution in [0.2, 0.25) is 10.0 Å². The zero-order valence-electron chi connectivity index (χ0n) is 25.7. The Bertz CT molecular complexity index is 1280. The van der Waals surface area contributed by atoms with E-state index in [-0.39, 0.29) is 24.0 Å². The second-order valence-corrected chi connectivity index (χ2v) is 13.3. The van der Waals surface area contributed by atoms with Crippen molar-refractivity contribution in [2.75, 3.05) is 6.61 Å². The molecule has 5 nitrogen and oxygen atoms in total. The molecule has 224 valence electrons. The lowest BCUT2D eigenvalue weighted by Gasteiger charge is -2.25. The van der Waals surface area contributed by atoms with Gasteiger partial charge in [-0.1, -0.05) is 86.3 Å². The smallest absolute Gasteiger partial charge is 0.245 e. The number of nitrogens with zero attached hydrogens (tertiary/aromatic N) is 1. The van der Waals surface area contributed by atoms with Crippen LogP contribution < -0.4 is 10.6 Å². The Morgan fingerprint density at radius 3 is 2.34 bits per heavy atom. The predicted octanol–water partition coefficient (Wildman–Crippen LogP) is 8.99. The minimum absolute atomic E-state index is 0.143. The molecule has 2 rings (SSSR count). The van der Waals surface area contributed by atoms with Gasteiger partial charge in [-0.15, -0.1) is 0 Å². The molecule has 2 N–H and O–H groups in total. The van der Waals surface area contributed by atoms with E-state index in [0.29, 0.717) is 28.8 Å². The standard InChI is InChI=1S/C33H45Cl2N3O2S/c1-11-13-24(14-12-2)19-38-23(7)28(18-36-31(39)29(37-22(5)6)20-40-33(8,9)10)30(21(3)4)32(38)41-27-16-25(34)15-26(35)17-27/h11-17,21,29,37H,1,5,18-20H2,2-4,6-10H3,(H,36,39)/b14-12-,24-13+. The first-order valence-electron chi connectivity index (χ1n) is 13.8. The van der Waals surface area contributed by atoms with Crippen LogP contribution in [0.15, 0.2) is 76.9 Å². The molecule has 0 fully saturated rings. The highest BCUT2D eigenvalue weighted by molar-refractivity contribution is 7.99. The van der Waals surface area contributed by atoms with E-state index in [0.717, 1.165) is 26.8 Å². The van der Waals surface area contributed by atoms with Crippen LogP contribution in [-0.4, -0.2) is 28.7 Å². The van der Waals surface area contributed by atoms with Crippen LogP contribution in [0.3, 0.4) is 0 Å². The number of amides is 1. The highest BCUT2D eigenvalue weighted by atomic mass is 35.5. The molecule has 1 aromatic carbocycles. The van der Waals surface area contributed by atoms with Crippen LogP contribution >= 0.6 is 35.0 Å². The fourth-order valence-electron chi connectivity index (χ4n) is 4.42.